The minimum Gasteiger partial charge on any atom is -0.308 e. The summed E-state index contributed by atoms with van der Waals surface area (Å²) in [5.74, 6) is 1.63. The van der Waals surface area contributed by atoms with Crippen LogP contribution in [0.2, 0.25) is 0 Å². The normalized spacial score (nSPS) is 34.0. The van der Waals surface area contributed by atoms with Crippen LogP contribution < -0.4 is 5.32 Å². The van der Waals surface area contributed by atoms with E-state index in [4.69, 9.17) is 0 Å². The Morgan fingerprint density at radius 1 is 0.889 bits per heavy atom. The molecule has 0 spiro atoms. The maximum absolute atomic E-state index is 3.47. The number of hydrogen-bond donors (Lipinski definition) is 1. The van der Waals surface area contributed by atoms with Gasteiger partial charge in [0.2, 0.25) is 0 Å². The summed E-state index contributed by atoms with van der Waals surface area (Å²) in [5.41, 5.74) is 0. The standard InChI is InChI=1S/C8H17N/c1-5(2)7-8(9-7)6(3)4/h5-9H,1-4H3/t7-,8-/m1/s1. The molecule has 1 fully saturated rings. The lowest BCUT2D eigenvalue weighted by molar-refractivity contribution is 0.556. The molecule has 1 rings (SSSR count). The van der Waals surface area contributed by atoms with Crippen LogP contribution in [0.15, 0.2) is 0 Å². The highest BCUT2D eigenvalue weighted by molar-refractivity contribution is 5.01. The molecule has 0 amide bonds. The zero-order chi connectivity index (χ0) is 7.02. The van der Waals surface area contributed by atoms with Crippen molar-refractivity contribution in [2.45, 2.75) is 39.8 Å². The van der Waals surface area contributed by atoms with Crippen LogP contribution in [0.25, 0.3) is 0 Å². The van der Waals surface area contributed by atoms with Gasteiger partial charge < -0.3 is 5.32 Å². The SMILES string of the molecule is CC(C)[C@H]1N[C@@H]1C(C)C. The monoisotopic (exact) mass is 127 g/mol. The number of nitrogens with one attached hydrogen (secondary N) is 1. The van der Waals surface area contributed by atoms with Gasteiger partial charge in [-0.05, 0) is 11.8 Å². The lowest BCUT2D eigenvalue weighted by Crippen LogP contribution is -2.07. The molecule has 1 nitrogen and oxygen atoms in total. The van der Waals surface area contributed by atoms with E-state index in [-0.39, 0.29) is 0 Å². The molecule has 54 valence electrons. The van der Waals surface area contributed by atoms with Gasteiger partial charge in [-0.25, -0.2) is 0 Å². The van der Waals surface area contributed by atoms with Gasteiger partial charge in [0.05, 0.1) is 0 Å². The van der Waals surface area contributed by atoms with Crippen molar-refractivity contribution in [1.82, 2.24) is 5.32 Å². The van der Waals surface area contributed by atoms with Gasteiger partial charge in [0.1, 0.15) is 0 Å². The molecule has 9 heavy (non-hydrogen) atoms. The zero-order valence-electron chi connectivity index (χ0n) is 6.81. The van der Waals surface area contributed by atoms with Crippen molar-refractivity contribution in [2.75, 3.05) is 0 Å². The molecule has 0 aliphatic carbocycles. The fourth-order valence-electron chi connectivity index (χ4n) is 1.38. The summed E-state index contributed by atoms with van der Waals surface area (Å²) < 4.78 is 0. The first-order valence-corrected chi connectivity index (χ1v) is 3.89. The van der Waals surface area contributed by atoms with Gasteiger partial charge in [-0.2, -0.15) is 0 Å². The molecule has 0 aromatic heterocycles. The van der Waals surface area contributed by atoms with Crippen LogP contribution in [0.1, 0.15) is 27.7 Å². The number of hydrogen-bond acceptors (Lipinski definition) is 1. The molecule has 1 heteroatoms. The minimum atomic E-state index is 0.810. The van der Waals surface area contributed by atoms with E-state index in [1.165, 1.54) is 0 Å². The number of rotatable bonds is 2. The Kier molecular flexibility index (Phi) is 1.80. The van der Waals surface area contributed by atoms with E-state index in [2.05, 4.69) is 33.0 Å². The molecule has 1 aliphatic heterocycles. The maximum atomic E-state index is 3.47. The van der Waals surface area contributed by atoms with E-state index in [0.29, 0.717) is 0 Å². The Balaban J connectivity index is 2.24. The molecular weight excluding hydrogens is 110 g/mol. The Hall–Kier alpha value is -0.0400. The molecule has 1 N–H and O–H groups in total. The van der Waals surface area contributed by atoms with Gasteiger partial charge in [-0.15, -0.1) is 0 Å². The summed E-state index contributed by atoms with van der Waals surface area (Å²) in [4.78, 5) is 0. The predicted molar refractivity (Wildman–Crippen MR) is 40.4 cm³/mol. The largest absolute Gasteiger partial charge is 0.308 e. The second kappa shape index (κ2) is 2.30. The Morgan fingerprint density at radius 3 is 1.33 bits per heavy atom. The third-order valence-electron chi connectivity index (χ3n) is 2.10. The molecular formula is C8H17N. The van der Waals surface area contributed by atoms with Crippen LogP contribution in [-0.2, 0) is 0 Å². The average molecular weight is 127 g/mol. The van der Waals surface area contributed by atoms with Crippen LogP contribution >= 0.6 is 0 Å². The van der Waals surface area contributed by atoms with Crippen LogP contribution in [0.4, 0.5) is 0 Å². The Bertz CT molecular complexity index is 84.7. The maximum Gasteiger partial charge on any atom is 0.0250 e. The summed E-state index contributed by atoms with van der Waals surface area (Å²) in [6.45, 7) is 9.11. The first-order valence-electron chi connectivity index (χ1n) is 3.89. The summed E-state index contributed by atoms with van der Waals surface area (Å²) >= 11 is 0. The minimum absolute atomic E-state index is 0.810. The van der Waals surface area contributed by atoms with Crippen LogP contribution in [0.5, 0.6) is 0 Å². The highest BCUT2D eigenvalue weighted by Gasteiger charge is 2.39. The fraction of sp³-hybridized carbons (Fsp3) is 1.00. The van der Waals surface area contributed by atoms with E-state index < -0.39 is 0 Å². The van der Waals surface area contributed by atoms with Gasteiger partial charge in [0.25, 0.3) is 0 Å². The van der Waals surface area contributed by atoms with Gasteiger partial charge in [-0.1, -0.05) is 27.7 Å². The second-order valence-electron chi connectivity index (χ2n) is 3.71. The van der Waals surface area contributed by atoms with Gasteiger partial charge in [-0.3, -0.25) is 0 Å². The first-order chi connectivity index (χ1) is 4.13. The Labute approximate surface area is 57.8 Å². The molecule has 2 atom stereocenters. The van der Waals surface area contributed by atoms with E-state index in [1.54, 1.807) is 0 Å². The van der Waals surface area contributed by atoms with E-state index >= 15 is 0 Å². The van der Waals surface area contributed by atoms with Gasteiger partial charge in [0, 0.05) is 12.1 Å². The highest BCUT2D eigenvalue weighted by atomic mass is 15.2. The summed E-state index contributed by atoms with van der Waals surface area (Å²) in [6.07, 6.45) is 0. The Morgan fingerprint density at radius 2 is 1.22 bits per heavy atom. The molecule has 0 unspecified atom stereocenters. The van der Waals surface area contributed by atoms with Crippen LogP contribution in [0, 0.1) is 11.8 Å². The van der Waals surface area contributed by atoms with Gasteiger partial charge >= 0.3 is 0 Å². The van der Waals surface area contributed by atoms with Crippen molar-refractivity contribution in [2.24, 2.45) is 11.8 Å². The molecule has 0 saturated carbocycles. The first kappa shape index (κ1) is 7.07. The van der Waals surface area contributed by atoms with Crippen molar-refractivity contribution in [3.63, 3.8) is 0 Å². The third-order valence-corrected chi connectivity index (χ3v) is 2.10. The van der Waals surface area contributed by atoms with E-state index in [9.17, 15) is 0 Å². The van der Waals surface area contributed by atoms with Crippen molar-refractivity contribution in [1.29, 1.82) is 0 Å². The van der Waals surface area contributed by atoms with E-state index in [1.807, 2.05) is 0 Å². The summed E-state index contributed by atoms with van der Waals surface area (Å²) in [7, 11) is 0. The summed E-state index contributed by atoms with van der Waals surface area (Å²) in [6, 6.07) is 1.62. The van der Waals surface area contributed by atoms with Gasteiger partial charge in [0.15, 0.2) is 0 Å². The topological polar surface area (TPSA) is 21.9 Å². The molecule has 0 aromatic rings. The fourth-order valence-corrected chi connectivity index (χ4v) is 1.38. The zero-order valence-corrected chi connectivity index (χ0v) is 6.81. The average Bonchev–Trinajstić information content (AvgIpc) is 2.39. The molecule has 0 aromatic carbocycles. The van der Waals surface area contributed by atoms with Crippen molar-refractivity contribution < 1.29 is 0 Å². The molecule has 1 heterocycles. The molecule has 1 aliphatic rings. The van der Waals surface area contributed by atoms with Crippen LogP contribution in [0.3, 0.4) is 0 Å². The van der Waals surface area contributed by atoms with Crippen molar-refractivity contribution >= 4 is 0 Å². The second-order valence-corrected chi connectivity index (χ2v) is 3.71. The molecule has 0 bridgehead atoms. The quantitative estimate of drug-likeness (QED) is 0.560. The smallest absolute Gasteiger partial charge is 0.0250 e. The van der Waals surface area contributed by atoms with Crippen LogP contribution in [-0.4, -0.2) is 12.1 Å². The molecule has 1 saturated heterocycles. The lowest BCUT2D eigenvalue weighted by atomic mass is 10.0. The summed E-state index contributed by atoms with van der Waals surface area (Å²) in [5, 5.41) is 3.47. The highest BCUT2D eigenvalue weighted by Crippen LogP contribution is 2.25. The van der Waals surface area contributed by atoms with Crippen molar-refractivity contribution in [3.8, 4) is 0 Å². The predicted octanol–water partition coefficient (Wildman–Crippen LogP) is 1.64. The lowest BCUT2D eigenvalue weighted by Gasteiger charge is -2.01. The third kappa shape index (κ3) is 1.45. The van der Waals surface area contributed by atoms with Crippen molar-refractivity contribution in [3.05, 3.63) is 0 Å². The molecule has 0 radical (unpaired) electrons. The van der Waals surface area contributed by atoms with E-state index in [0.717, 1.165) is 23.9 Å².